The average Bonchev–Trinajstić information content (AvgIpc) is 3.01. The van der Waals surface area contributed by atoms with Crippen LogP contribution in [-0.2, 0) is 11.2 Å². The van der Waals surface area contributed by atoms with Gasteiger partial charge in [0.15, 0.2) is 0 Å². The van der Waals surface area contributed by atoms with Gasteiger partial charge in [-0.2, -0.15) is 0 Å². The number of nitrogens with one attached hydrogen (secondary N) is 1. The van der Waals surface area contributed by atoms with Crippen LogP contribution >= 0.6 is 0 Å². The fourth-order valence-electron chi connectivity index (χ4n) is 3.50. The van der Waals surface area contributed by atoms with Gasteiger partial charge in [-0.1, -0.05) is 31.2 Å². The molecular formula is C17H26N2O. The van der Waals surface area contributed by atoms with Crippen LogP contribution < -0.4 is 5.32 Å². The van der Waals surface area contributed by atoms with E-state index >= 15 is 0 Å². The third-order valence-electron chi connectivity index (χ3n) is 4.55. The Bertz CT molecular complexity index is 429. The SMILES string of the molecule is CCCN(CC1OCCc2ccccc21)C1CCNC1. The number of hydrogen-bond acceptors (Lipinski definition) is 3. The third-order valence-corrected chi connectivity index (χ3v) is 4.55. The van der Waals surface area contributed by atoms with Crippen molar-refractivity contribution in [1.82, 2.24) is 10.2 Å². The lowest BCUT2D eigenvalue weighted by Gasteiger charge is -2.34. The van der Waals surface area contributed by atoms with E-state index in [0.717, 1.165) is 32.7 Å². The molecule has 0 bridgehead atoms. The molecule has 2 aliphatic heterocycles. The summed E-state index contributed by atoms with van der Waals surface area (Å²) in [6.07, 6.45) is 3.80. The molecule has 3 nitrogen and oxygen atoms in total. The number of nitrogens with zero attached hydrogens (tertiary/aromatic N) is 1. The van der Waals surface area contributed by atoms with E-state index in [4.69, 9.17) is 4.74 Å². The highest BCUT2D eigenvalue weighted by Gasteiger charge is 2.27. The lowest BCUT2D eigenvalue weighted by Crippen LogP contribution is -2.41. The molecule has 20 heavy (non-hydrogen) atoms. The monoisotopic (exact) mass is 274 g/mol. The maximum atomic E-state index is 6.08. The zero-order valence-corrected chi connectivity index (χ0v) is 12.5. The molecule has 0 aromatic heterocycles. The Morgan fingerprint density at radius 2 is 2.25 bits per heavy atom. The van der Waals surface area contributed by atoms with Crippen molar-refractivity contribution in [2.24, 2.45) is 0 Å². The highest BCUT2D eigenvalue weighted by Crippen LogP contribution is 2.28. The summed E-state index contributed by atoms with van der Waals surface area (Å²) in [5.41, 5.74) is 2.88. The van der Waals surface area contributed by atoms with E-state index < -0.39 is 0 Å². The van der Waals surface area contributed by atoms with E-state index in [-0.39, 0.29) is 6.10 Å². The summed E-state index contributed by atoms with van der Waals surface area (Å²) in [6, 6.07) is 9.48. The molecule has 1 aromatic rings. The predicted octanol–water partition coefficient (Wildman–Crippen LogP) is 2.37. The first-order valence-corrected chi connectivity index (χ1v) is 8.02. The zero-order chi connectivity index (χ0) is 13.8. The van der Waals surface area contributed by atoms with Crippen LogP contribution in [0.2, 0.25) is 0 Å². The van der Waals surface area contributed by atoms with E-state index in [1.807, 2.05) is 0 Å². The molecule has 110 valence electrons. The van der Waals surface area contributed by atoms with Gasteiger partial charge in [0.05, 0.1) is 12.7 Å². The molecule has 0 radical (unpaired) electrons. The largest absolute Gasteiger partial charge is 0.372 e. The number of rotatable bonds is 5. The molecule has 1 N–H and O–H groups in total. The standard InChI is InChI=1S/C17H26N2O/c1-2-10-19(15-7-9-18-12-15)13-17-16-6-4-3-5-14(16)8-11-20-17/h3-6,15,17-18H,2,7-13H2,1H3. The van der Waals surface area contributed by atoms with Gasteiger partial charge >= 0.3 is 0 Å². The third kappa shape index (κ3) is 3.05. The quantitative estimate of drug-likeness (QED) is 0.892. The minimum atomic E-state index is 0.257. The first kappa shape index (κ1) is 14.1. The Morgan fingerprint density at radius 3 is 3.05 bits per heavy atom. The zero-order valence-electron chi connectivity index (χ0n) is 12.5. The maximum Gasteiger partial charge on any atom is 0.0954 e. The molecule has 1 aromatic carbocycles. The molecule has 1 saturated heterocycles. The molecule has 3 rings (SSSR count). The van der Waals surface area contributed by atoms with Crippen molar-refractivity contribution in [3.63, 3.8) is 0 Å². The second kappa shape index (κ2) is 6.70. The van der Waals surface area contributed by atoms with Crippen LogP contribution in [0.1, 0.15) is 37.0 Å². The van der Waals surface area contributed by atoms with Crippen LogP contribution in [0.3, 0.4) is 0 Å². The highest BCUT2D eigenvalue weighted by atomic mass is 16.5. The Morgan fingerprint density at radius 1 is 1.35 bits per heavy atom. The minimum Gasteiger partial charge on any atom is -0.372 e. The van der Waals surface area contributed by atoms with Crippen LogP contribution in [0.25, 0.3) is 0 Å². The summed E-state index contributed by atoms with van der Waals surface area (Å²) >= 11 is 0. The van der Waals surface area contributed by atoms with Crippen molar-refractivity contribution in [2.75, 3.05) is 32.8 Å². The summed E-state index contributed by atoms with van der Waals surface area (Å²) in [6.45, 7) is 7.64. The van der Waals surface area contributed by atoms with Crippen molar-refractivity contribution >= 4 is 0 Å². The lowest BCUT2D eigenvalue weighted by atomic mass is 9.97. The molecule has 0 saturated carbocycles. The summed E-state index contributed by atoms with van der Waals surface area (Å²) in [7, 11) is 0. The van der Waals surface area contributed by atoms with E-state index in [0.29, 0.717) is 6.04 Å². The van der Waals surface area contributed by atoms with Crippen LogP contribution in [-0.4, -0.2) is 43.7 Å². The van der Waals surface area contributed by atoms with Crippen molar-refractivity contribution < 1.29 is 4.74 Å². The molecule has 0 spiro atoms. The fraction of sp³-hybridized carbons (Fsp3) is 0.647. The van der Waals surface area contributed by atoms with Crippen molar-refractivity contribution in [1.29, 1.82) is 0 Å². The maximum absolute atomic E-state index is 6.08. The molecular weight excluding hydrogens is 248 g/mol. The van der Waals surface area contributed by atoms with Crippen molar-refractivity contribution in [2.45, 2.75) is 38.3 Å². The molecule has 0 aliphatic carbocycles. The van der Waals surface area contributed by atoms with Gasteiger partial charge in [0.25, 0.3) is 0 Å². The molecule has 2 heterocycles. The van der Waals surface area contributed by atoms with Crippen molar-refractivity contribution in [3.05, 3.63) is 35.4 Å². The van der Waals surface area contributed by atoms with Gasteiger partial charge in [0.2, 0.25) is 0 Å². The Balaban J connectivity index is 1.72. The Labute approximate surface area is 122 Å². The fourth-order valence-corrected chi connectivity index (χ4v) is 3.50. The molecule has 2 aliphatic rings. The van der Waals surface area contributed by atoms with Crippen LogP contribution in [0.5, 0.6) is 0 Å². The second-order valence-electron chi connectivity index (χ2n) is 5.95. The smallest absolute Gasteiger partial charge is 0.0954 e. The Kier molecular flexibility index (Phi) is 4.71. The van der Waals surface area contributed by atoms with E-state index in [1.54, 1.807) is 0 Å². The summed E-state index contributed by atoms with van der Waals surface area (Å²) in [5, 5.41) is 3.49. The van der Waals surface area contributed by atoms with E-state index in [9.17, 15) is 0 Å². The van der Waals surface area contributed by atoms with Crippen LogP contribution in [0.4, 0.5) is 0 Å². The first-order valence-electron chi connectivity index (χ1n) is 8.02. The van der Waals surface area contributed by atoms with Gasteiger partial charge in [-0.05, 0) is 43.5 Å². The highest BCUT2D eigenvalue weighted by molar-refractivity contribution is 5.31. The van der Waals surface area contributed by atoms with Gasteiger partial charge in [0.1, 0.15) is 0 Å². The van der Waals surface area contributed by atoms with E-state index in [1.165, 1.54) is 30.5 Å². The molecule has 0 amide bonds. The van der Waals surface area contributed by atoms with Gasteiger partial charge in [0, 0.05) is 19.1 Å². The number of benzene rings is 1. The first-order chi connectivity index (χ1) is 9.88. The van der Waals surface area contributed by atoms with Gasteiger partial charge in [-0.15, -0.1) is 0 Å². The normalized spacial score (nSPS) is 25.9. The van der Waals surface area contributed by atoms with Crippen molar-refractivity contribution in [3.8, 4) is 0 Å². The van der Waals surface area contributed by atoms with Gasteiger partial charge in [-0.25, -0.2) is 0 Å². The summed E-state index contributed by atoms with van der Waals surface area (Å²) in [4.78, 5) is 2.63. The van der Waals surface area contributed by atoms with Crippen LogP contribution in [0, 0.1) is 0 Å². The summed E-state index contributed by atoms with van der Waals surface area (Å²) < 4.78 is 6.08. The van der Waals surface area contributed by atoms with Gasteiger partial charge < -0.3 is 10.1 Å². The van der Waals surface area contributed by atoms with Gasteiger partial charge in [-0.3, -0.25) is 4.90 Å². The number of fused-ring (bicyclic) bond motifs is 1. The molecule has 2 atom stereocenters. The predicted molar refractivity (Wildman–Crippen MR) is 82.0 cm³/mol. The molecule has 2 unspecified atom stereocenters. The lowest BCUT2D eigenvalue weighted by molar-refractivity contribution is 0.00762. The second-order valence-corrected chi connectivity index (χ2v) is 5.95. The number of ether oxygens (including phenoxy) is 1. The van der Waals surface area contributed by atoms with E-state index in [2.05, 4.69) is 41.4 Å². The molecule has 3 heteroatoms. The summed E-state index contributed by atoms with van der Waals surface area (Å²) in [5.74, 6) is 0. The minimum absolute atomic E-state index is 0.257. The number of hydrogen-bond donors (Lipinski definition) is 1. The average molecular weight is 274 g/mol. The topological polar surface area (TPSA) is 24.5 Å². The van der Waals surface area contributed by atoms with Crippen LogP contribution in [0.15, 0.2) is 24.3 Å². The Hall–Kier alpha value is -0.900. The molecule has 1 fully saturated rings.